The minimum Gasteiger partial charge on any atom is -0.352 e. The SMILES string of the molecule is CN[C@@H](C)C(=O)N[C@H](C(=O)N1C[C@@H](NC(C)=O)C[C@@H]1CN(CCc1ccccc1)C(=O)c1ccc(-c2ccc(C(=O)N(CCc3ccccc3)C[C@@H]3C[C@H](NC(C)=O)CN3C(=O)[C@@H](NC(=O)[C@H](C)NC)C3CCCCC3)cc2)cc1)C1CCCCC1. The Morgan fingerprint density at radius 2 is 0.837 bits per heavy atom. The molecule has 0 spiro atoms. The number of nitrogens with zero attached hydrogens (tertiary/aromatic N) is 4. The van der Waals surface area contributed by atoms with Crippen LogP contribution in [0.25, 0.3) is 11.1 Å². The third-order valence-electron chi connectivity index (χ3n) is 18.3. The summed E-state index contributed by atoms with van der Waals surface area (Å²) in [6, 6.07) is 30.7. The summed E-state index contributed by atoms with van der Waals surface area (Å²) in [4.78, 5) is 119. The van der Waals surface area contributed by atoms with Gasteiger partial charge in [0.1, 0.15) is 12.1 Å². The Kier molecular flexibility index (Phi) is 23.5. The van der Waals surface area contributed by atoms with Crippen molar-refractivity contribution in [3.05, 3.63) is 131 Å². The smallest absolute Gasteiger partial charge is 0.253 e. The van der Waals surface area contributed by atoms with Crippen molar-refractivity contribution in [1.29, 1.82) is 0 Å². The normalized spacial score (nSPS) is 20.4. The molecule has 2 heterocycles. The van der Waals surface area contributed by atoms with Crippen LogP contribution in [0.15, 0.2) is 109 Å². The average molecular weight is 1180 g/mol. The predicted molar refractivity (Wildman–Crippen MR) is 333 cm³/mol. The molecule has 2 saturated carbocycles. The van der Waals surface area contributed by atoms with Gasteiger partial charge in [0.05, 0.1) is 24.2 Å². The maximum absolute atomic E-state index is 15.0. The highest BCUT2D eigenvalue weighted by Gasteiger charge is 2.45. The van der Waals surface area contributed by atoms with E-state index in [-0.39, 0.29) is 97.4 Å². The Balaban J connectivity index is 1.02. The number of rotatable bonds is 25. The van der Waals surface area contributed by atoms with Crippen molar-refractivity contribution in [2.24, 2.45) is 11.8 Å². The van der Waals surface area contributed by atoms with Crippen LogP contribution in [0.5, 0.6) is 0 Å². The molecule has 2 aliphatic heterocycles. The van der Waals surface area contributed by atoms with E-state index in [0.29, 0.717) is 49.9 Å². The highest BCUT2D eigenvalue weighted by molar-refractivity contribution is 5.96. The van der Waals surface area contributed by atoms with Gasteiger partial charge in [0.25, 0.3) is 11.8 Å². The zero-order chi connectivity index (χ0) is 61.3. The molecule has 8 rings (SSSR count). The van der Waals surface area contributed by atoms with Crippen molar-refractivity contribution >= 4 is 47.3 Å². The maximum Gasteiger partial charge on any atom is 0.253 e. The molecule has 0 bridgehead atoms. The maximum atomic E-state index is 15.0. The first kappa shape index (κ1) is 64.6. The Morgan fingerprint density at radius 3 is 1.16 bits per heavy atom. The average Bonchev–Trinajstić information content (AvgIpc) is 3.06. The van der Waals surface area contributed by atoms with Gasteiger partial charge in [0, 0.05) is 76.3 Å². The van der Waals surface area contributed by atoms with E-state index in [4.69, 9.17) is 0 Å². The van der Waals surface area contributed by atoms with Gasteiger partial charge in [-0.15, -0.1) is 0 Å². The molecule has 4 fully saturated rings. The molecule has 0 unspecified atom stereocenters. The van der Waals surface area contributed by atoms with E-state index < -0.39 is 36.3 Å². The summed E-state index contributed by atoms with van der Waals surface area (Å²) in [5, 5.41) is 18.3. The molecule has 0 radical (unpaired) electrons. The molecule has 4 aromatic rings. The monoisotopic (exact) mass is 1180 g/mol. The largest absolute Gasteiger partial charge is 0.352 e. The van der Waals surface area contributed by atoms with E-state index in [9.17, 15) is 38.4 Å². The predicted octanol–water partition coefficient (Wildman–Crippen LogP) is 6.28. The molecular weight excluding hydrogens is 1080 g/mol. The molecule has 0 aromatic heterocycles. The summed E-state index contributed by atoms with van der Waals surface area (Å²) < 4.78 is 0. The number of hydrogen-bond donors (Lipinski definition) is 6. The van der Waals surface area contributed by atoms with Crippen LogP contribution in [0, 0.1) is 11.8 Å². The molecule has 462 valence electrons. The van der Waals surface area contributed by atoms with Crippen LogP contribution in [0.3, 0.4) is 0 Å². The van der Waals surface area contributed by atoms with Crippen molar-refractivity contribution in [2.45, 2.75) is 166 Å². The second-order valence-electron chi connectivity index (χ2n) is 24.5. The van der Waals surface area contributed by atoms with Crippen LogP contribution in [0.4, 0.5) is 0 Å². The summed E-state index contributed by atoms with van der Waals surface area (Å²) in [5.74, 6) is -1.77. The lowest BCUT2D eigenvalue weighted by atomic mass is 9.83. The van der Waals surface area contributed by atoms with E-state index in [1.807, 2.05) is 94.7 Å². The number of amides is 8. The van der Waals surface area contributed by atoms with Crippen molar-refractivity contribution in [3.63, 3.8) is 0 Å². The summed E-state index contributed by atoms with van der Waals surface area (Å²) in [7, 11) is 3.43. The van der Waals surface area contributed by atoms with Gasteiger partial charge in [0.15, 0.2) is 0 Å². The van der Waals surface area contributed by atoms with Gasteiger partial charge in [-0.3, -0.25) is 38.4 Å². The van der Waals surface area contributed by atoms with Gasteiger partial charge in [-0.25, -0.2) is 0 Å². The standard InChI is InChI=1S/C68H92N10O8/c1-45(69-5)63(81)73-61(53-23-15-9-16-24-53)67(85)77-41-57(71-47(3)79)39-59(77)43-75(37-35-49-19-11-7-12-20-49)65(83)55-31-27-51(28-32-55)52-29-33-56(34-30-52)66(84)76(38-36-50-21-13-8-14-22-50)44-60-40-58(72-48(4)80)42-78(60)68(86)62(54-25-17-10-18-26-54)74-64(82)46(2)70-6/h7-8,11-14,19-22,27-34,45-46,53-54,57-62,69-70H,9-10,15-18,23-26,35-44H2,1-6H3,(H,71,79)(H,72,80)(H,73,81)(H,74,82)/t45-,46-,57-,58-,59-,60+,61-,62-/m0/s1. The first-order chi connectivity index (χ1) is 41.5. The second kappa shape index (κ2) is 31.3. The van der Waals surface area contributed by atoms with Crippen molar-refractivity contribution in [3.8, 4) is 11.1 Å². The molecule has 18 heteroatoms. The minimum absolute atomic E-state index is 0.0342. The van der Waals surface area contributed by atoms with E-state index in [1.165, 1.54) is 13.8 Å². The fourth-order valence-electron chi connectivity index (χ4n) is 13.2. The van der Waals surface area contributed by atoms with Crippen LogP contribution in [0.1, 0.15) is 137 Å². The quantitative estimate of drug-likeness (QED) is 0.0436. The van der Waals surface area contributed by atoms with E-state index in [1.54, 1.807) is 62.0 Å². The summed E-state index contributed by atoms with van der Waals surface area (Å²) in [6.45, 7) is 8.15. The number of hydrogen-bond acceptors (Lipinski definition) is 10. The number of likely N-dealkylation sites (tertiary alicyclic amines) is 2. The van der Waals surface area contributed by atoms with Gasteiger partial charge >= 0.3 is 0 Å². The summed E-state index contributed by atoms with van der Waals surface area (Å²) in [5.41, 5.74) is 4.71. The zero-order valence-corrected chi connectivity index (χ0v) is 51.4. The number of carbonyl (C=O) groups excluding carboxylic acids is 8. The Labute approximate surface area is 508 Å². The van der Waals surface area contributed by atoms with Gasteiger partial charge in [-0.1, -0.05) is 123 Å². The third-order valence-corrected chi connectivity index (χ3v) is 18.3. The Morgan fingerprint density at radius 1 is 0.488 bits per heavy atom. The highest BCUT2D eigenvalue weighted by atomic mass is 16.2. The summed E-state index contributed by atoms with van der Waals surface area (Å²) in [6.07, 6.45) is 11.4. The second-order valence-corrected chi connectivity index (χ2v) is 24.5. The molecule has 8 amide bonds. The highest BCUT2D eigenvalue weighted by Crippen LogP contribution is 2.33. The van der Waals surface area contributed by atoms with Crippen molar-refractivity contribution < 1.29 is 38.4 Å². The fraction of sp³-hybridized carbons (Fsp3) is 0.529. The topological polar surface area (TPSA) is 222 Å². The van der Waals surface area contributed by atoms with Gasteiger partial charge < -0.3 is 51.5 Å². The van der Waals surface area contributed by atoms with E-state index in [2.05, 4.69) is 31.9 Å². The lowest BCUT2D eigenvalue weighted by Crippen LogP contribution is -2.57. The fourth-order valence-corrected chi connectivity index (χ4v) is 13.2. The number of carbonyl (C=O) groups is 8. The van der Waals surface area contributed by atoms with Crippen LogP contribution < -0.4 is 31.9 Å². The molecule has 18 nitrogen and oxygen atoms in total. The van der Waals surface area contributed by atoms with E-state index >= 15 is 0 Å². The van der Waals surface area contributed by atoms with E-state index in [0.717, 1.165) is 86.5 Å². The van der Waals surface area contributed by atoms with Gasteiger partial charge in [0.2, 0.25) is 35.4 Å². The first-order valence-electron chi connectivity index (χ1n) is 31.5. The third kappa shape index (κ3) is 17.4. The lowest BCUT2D eigenvalue weighted by Gasteiger charge is -2.37. The van der Waals surface area contributed by atoms with Crippen LogP contribution >= 0.6 is 0 Å². The van der Waals surface area contributed by atoms with Crippen LogP contribution in [-0.2, 0) is 41.6 Å². The molecule has 86 heavy (non-hydrogen) atoms. The molecule has 4 aliphatic rings. The number of nitrogens with one attached hydrogen (secondary N) is 6. The number of benzene rings is 4. The van der Waals surface area contributed by atoms with Crippen LogP contribution in [-0.4, -0.2) is 169 Å². The first-order valence-corrected chi connectivity index (χ1v) is 31.5. The molecule has 2 aliphatic carbocycles. The number of likely N-dealkylation sites (N-methyl/N-ethyl adjacent to an activating group) is 2. The lowest BCUT2D eigenvalue weighted by molar-refractivity contribution is -0.140. The molecule has 6 N–H and O–H groups in total. The van der Waals surface area contributed by atoms with Gasteiger partial charge in [-0.2, -0.15) is 0 Å². The minimum atomic E-state index is -0.742. The summed E-state index contributed by atoms with van der Waals surface area (Å²) >= 11 is 0. The molecule has 2 saturated heterocycles. The molecular formula is C68H92N10O8. The van der Waals surface area contributed by atoms with Crippen molar-refractivity contribution in [2.75, 3.05) is 53.4 Å². The van der Waals surface area contributed by atoms with Crippen LogP contribution in [0.2, 0.25) is 0 Å². The molecule has 4 aromatic carbocycles. The van der Waals surface area contributed by atoms with Gasteiger partial charge in [-0.05, 0) is 138 Å². The zero-order valence-electron chi connectivity index (χ0n) is 51.4. The molecule has 8 atom stereocenters. The van der Waals surface area contributed by atoms with Crippen molar-refractivity contribution in [1.82, 2.24) is 51.5 Å². The Bertz CT molecular complexity index is 2720. The Hall–Kier alpha value is -7.44.